The number of amides is 1. The fraction of sp³-hybridized carbons (Fsp3) is 0.684. The lowest BCUT2D eigenvalue weighted by atomic mass is 10.1. The molecule has 2 aromatic heterocycles. The fourth-order valence-corrected chi connectivity index (χ4v) is 4.28. The van der Waals surface area contributed by atoms with Gasteiger partial charge >= 0.3 is 0 Å². The number of fused-ring (bicyclic) bond motifs is 1. The highest BCUT2D eigenvalue weighted by Gasteiger charge is 2.37. The molecule has 1 fully saturated rings. The summed E-state index contributed by atoms with van der Waals surface area (Å²) < 4.78 is 3.87. The van der Waals surface area contributed by atoms with Crippen LogP contribution in [0.5, 0.6) is 0 Å². The van der Waals surface area contributed by atoms with E-state index in [2.05, 4.69) is 38.6 Å². The molecule has 1 amide bonds. The van der Waals surface area contributed by atoms with Crippen molar-refractivity contribution in [3.63, 3.8) is 0 Å². The highest BCUT2D eigenvalue weighted by atomic mass is 16.3. The van der Waals surface area contributed by atoms with Gasteiger partial charge in [0.2, 0.25) is 0 Å². The molecule has 9 heteroatoms. The summed E-state index contributed by atoms with van der Waals surface area (Å²) in [7, 11) is 1.85. The molecule has 2 aromatic rings. The Hall–Kier alpha value is -2.26. The van der Waals surface area contributed by atoms with Gasteiger partial charge in [0.25, 0.3) is 5.91 Å². The molecule has 2 aliphatic rings. The van der Waals surface area contributed by atoms with E-state index in [1.807, 2.05) is 24.9 Å². The van der Waals surface area contributed by atoms with E-state index in [0.29, 0.717) is 50.8 Å². The van der Waals surface area contributed by atoms with E-state index in [1.54, 1.807) is 4.68 Å². The maximum Gasteiger partial charge on any atom is 0.274 e. The van der Waals surface area contributed by atoms with Crippen molar-refractivity contribution in [1.82, 2.24) is 34.3 Å². The zero-order valence-electron chi connectivity index (χ0n) is 17.0. The van der Waals surface area contributed by atoms with E-state index in [1.165, 1.54) is 0 Å². The second-order valence-electron chi connectivity index (χ2n) is 8.16. The molecule has 28 heavy (non-hydrogen) atoms. The predicted octanol–water partition coefficient (Wildman–Crippen LogP) is 0.535. The topological polar surface area (TPSA) is 92.3 Å². The smallest absolute Gasteiger partial charge is 0.274 e. The summed E-state index contributed by atoms with van der Waals surface area (Å²) in [5.74, 6) is 1.78. The summed E-state index contributed by atoms with van der Waals surface area (Å²) in [4.78, 5) is 17.0. The van der Waals surface area contributed by atoms with Crippen LogP contribution in [0.1, 0.15) is 54.1 Å². The van der Waals surface area contributed by atoms with E-state index >= 15 is 0 Å². The lowest BCUT2D eigenvalue weighted by Crippen LogP contribution is -2.35. The highest BCUT2D eigenvalue weighted by molar-refractivity contribution is 5.92. The number of aryl methyl sites for hydroxylation is 2. The van der Waals surface area contributed by atoms with Crippen LogP contribution >= 0.6 is 0 Å². The van der Waals surface area contributed by atoms with Crippen molar-refractivity contribution in [2.75, 3.05) is 19.6 Å². The van der Waals surface area contributed by atoms with E-state index in [-0.39, 0.29) is 18.1 Å². The molecule has 2 aliphatic heterocycles. The summed E-state index contributed by atoms with van der Waals surface area (Å²) in [5.41, 5.74) is 1.45. The number of carbonyl (C=O) groups excluding carboxylic acids is 1. The SMILES string of the molecule is Cc1cc(C(=O)N2CCc3nnc([C@@H]4C[C@@H](O)CN4C(C)C)n3CC2)nn1C. The zero-order valence-corrected chi connectivity index (χ0v) is 17.0. The van der Waals surface area contributed by atoms with Crippen molar-refractivity contribution in [1.29, 1.82) is 0 Å². The Balaban J connectivity index is 1.53. The first kappa shape index (κ1) is 19.1. The van der Waals surface area contributed by atoms with E-state index in [9.17, 15) is 9.90 Å². The number of likely N-dealkylation sites (tertiary alicyclic amines) is 1. The van der Waals surface area contributed by atoms with Crippen LogP contribution in [-0.4, -0.2) is 77.1 Å². The minimum absolute atomic E-state index is 0.0379. The van der Waals surface area contributed by atoms with Crippen LogP contribution in [0.25, 0.3) is 0 Å². The normalized spacial score (nSPS) is 23.3. The van der Waals surface area contributed by atoms with Crippen LogP contribution in [0.15, 0.2) is 6.07 Å². The first-order valence-electron chi connectivity index (χ1n) is 10.0. The maximum absolute atomic E-state index is 12.9. The van der Waals surface area contributed by atoms with Gasteiger partial charge < -0.3 is 14.6 Å². The van der Waals surface area contributed by atoms with Crippen LogP contribution in [0.2, 0.25) is 0 Å². The maximum atomic E-state index is 12.9. The van der Waals surface area contributed by atoms with E-state index in [0.717, 1.165) is 17.3 Å². The van der Waals surface area contributed by atoms with Crippen molar-refractivity contribution in [3.8, 4) is 0 Å². The van der Waals surface area contributed by atoms with Gasteiger partial charge in [-0.05, 0) is 33.3 Å². The van der Waals surface area contributed by atoms with Crippen LogP contribution in [0.4, 0.5) is 0 Å². The number of nitrogens with zero attached hydrogens (tertiary/aromatic N) is 7. The van der Waals surface area contributed by atoms with Gasteiger partial charge in [-0.2, -0.15) is 5.10 Å². The third-order valence-electron chi connectivity index (χ3n) is 5.95. The summed E-state index contributed by atoms with van der Waals surface area (Å²) in [6.45, 7) is 8.75. The molecule has 0 unspecified atom stereocenters. The molecule has 9 nitrogen and oxygen atoms in total. The quantitative estimate of drug-likeness (QED) is 0.826. The number of aliphatic hydroxyl groups excluding tert-OH is 1. The number of β-amino-alcohol motifs (C(OH)–C–C–N with tert-alkyl or cyclic N) is 1. The van der Waals surface area contributed by atoms with Gasteiger partial charge in [0, 0.05) is 51.4 Å². The third kappa shape index (κ3) is 3.33. The average Bonchev–Trinajstić information content (AvgIpc) is 3.28. The minimum Gasteiger partial charge on any atom is -0.392 e. The molecule has 1 saturated heterocycles. The number of rotatable bonds is 3. The number of aromatic nitrogens is 5. The standard InChI is InChI=1S/C19H29N7O2/c1-12(2)26-11-14(27)10-16(26)18-21-20-17-5-6-24(7-8-25(17)18)19(28)15-9-13(3)23(4)22-15/h9,12,14,16,27H,5-8,10-11H2,1-4H3/t14-,16+/m1/s1. The van der Waals surface area contributed by atoms with Crippen molar-refractivity contribution in [2.45, 2.75) is 58.3 Å². The second-order valence-corrected chi connectivity index (χ2v) is 8.16. The Morgan fingerprint density at radius 1 is 1.25 bits per heavy atom. The van der Waals surface area contributed by atoms with Gasteiger partial charge in [-0.25, -0.2) is 0 Å². The first-order chi connectivity index (χ1) is 13.3. The number of hydrogen-bond donors (Lipinski definition) is 1. The summed E-state index contributed by atoms with van der Waals surface area (Å²) in [5, 5.41) is 23.4. The van der Waals surface area contributed by atoms with Gasteiger partial charge in [0.15, 0.2) is 11.5 Å². The Kier molecular flexibility index (Phi) is 4.96. The highest BCUT2D eigenvalue weighted by Crippen LogP contribution is 2.33. The van der Waals surface area contributed by atoms with E-state index in [4.69, 9.17) is 0 Å². The molecule has 152 valence electrons. The number of carbonyl (C=O) groups is 1. The Morgan fingerprint density at radius 2 is 2.04 bits per heavy atom. The molecule has 0 aliphatic carbocycles. The summed E-state index contributed by atoms with van der Waals surface area (Å²) in [6.07, 6.45) is 1.00. The molecule has 0 aromatic carbocycles. The molecule has 4 heterocycles. The van der Waals surface area contributed by atoms with Crippen LogP contribution in [0.3, 0.4) is 0 Å². The van der Waals surface area contributed by atoms with Gasteiger partial charge in [-0.1, -0.05) is 0 Å². The van der Waals surface area contributed by atoms with Gasteiger partial charge in [-0.15, -0.1) is 10.2 Å². The van der Waals surface area contributed by atoms with E-state index < -0.39 is 0 Å². The van der Waals surface area contributed by atoms with Crippen molar-refractivity contribution < 1.29 is 9.90 Å². The summed E-state index contributed by atoms with van der Waals surface area (Å²) in [6, 6.07) is 2.22. The van der Waals surface area contributed by atoms with Gasteiger partial charge in [0.05, 0.1) is 12.1 Å². The van der Waals surface area contributed by atoms with Crippen molar-refractivity contribution in [2.24, 2.45) is 7.05 Å². The summed E-state index contributed by atoms with van der Waals surface area (Å²) >= 11 is 0. The first-order valence-corrected chi connectivity index (χ1v) is 10.0. The molecule has 2 atom stereocenters. The lowest BCUT2D eigenvalue weighted by molar-refractivity contribution is 0.0751. The average molecular weight is 387 g/mol. The molecular formula is C19H29N7O2. The molecule has 4 rings (SSSR count). The molecular weight excluding hydrogens is 358 g/mol. The Bertz CT molecular complexity index is 852. The molecule has 1 N–H and O–H groups in total. The Morgan fingerprint density at radius 3 is 2.71 bits per heavy atom. The molecule has 0 bridgehead atoms. The van der Waals surface area contributed by atoms with Crippen molar-refractivity contribution in [3.05, 3.63) is 29.1 Å². The number of aliphatic hydroxyl groups is 1. The monoisotopic (exact) mass is 387 g/mol. The minimum atomic E-state index is -0.336. The molecule has 0 radical (unpaired) electrons. The van der Waals surface area contributed by atoms with Gasteiger partial charge in [-0.3, -0.25) is 14.4 Å². The molecule has 0 saturated carbocycles. The van der Waals surface area contributed by atoms with Crippen LogP contribution in [-0.2, 0) is 20.0 Å². The van der Waals surface area contributed by atoms with Crippen LogP contribution in [0, 0.1) is 6.92 Å². The fourth-order valence-electron chi connectivity index (χ4n) is 4.28. The van der Waals surface area contributed by atoms with Gasteiger partial charge in [0.1, 0.15) is 5.82 Å². The number of hydrogen-bond acceptors (Lipinski definition) is 6. The van der Waals surface area contributed by atoms with Crippen molar-refractivity contribution >= 4 is 5.91 Å². The van der Waals surface area contributed by atoms with Crippen LogP contribution < -0.4 is 0 Å². The zero-order chi connectivity index (χ0) is 20.0. The molecule has 0 spiro atoms. The second kappa shape index (κ2) is 7.29. The largest absolute Gasteiger partial charge is 0.392 e. The Labute approximate surface area is 164 Å². The lowest BCUT2D eigenvalue weighted by Gasteiger charge is -2.27. The predicted molar refractivity (Wildman–Crippen MR) is 103 cm³/mol. The third-order valence-corrected chi connectivity index (χ3v) is 5.95.